The first kappa shape index (κ1) is 10.2. The van der Waals surface area contributed by atoms with Gasteiger partial charge in [0, 0.05) is 26.1 Å². The highest BCUT2D eigenvalue weighted by atomic mass is 16.3. The molecular weight excluding hydrogens is 186 g/mol. The first-order valence-corrected chi connectivity index (χ1v) is 5.39. The number of aliphatic hydroxyl groups is 1. The Morgan fingerprint density at radius 2 is 2.00 bits per heavy atom. The highest BCUT2D eigenvalue weighted by molar-refractivity contribution is 5.16. The standard InChI is InChI=1S/C13H17NO/c1-11-9-14(8-7-13(11)15)10-12-5-3-2-4-6-12/h2-6,15H,7-10H2,1H3. The van der Waals surface area contributed by atoms with Crippen LogP contribution in [-0.2, 0) is 6.54 Å². The average molecular weight is 203 g/mol. The number of nitrogens with zero attached hydrogens (tertiary/aromatic N) is 1. The molecular formula is C13H17NO. The molecule has 0 saturated heterocycles. The van der Waals surface area contributed by atoms with E-state index in [1.54, 1.807) is 0 Å². The minimum atomic E-state index is 0.583. The Kier molecular flexibility index (Phi) is 3.07. The van der Waals surface area contributed by atoms with Gasteiger partial charge in [0.15, 0.2) is 0 Å². The molecule has 2 nitrogen and oxygen atoms in total. The first-order valence-electron chi connectivity index (χ1n) is 5.39. The van der Waals surface area contributed by atoms with E-state index in [4.69, 9.17) is 0 Å². The third kappa shape index (κ3) is 2.60. The molecule has 1 aliphatic heterocycles. The van der Waals surface area contributed by atoms with Gasteiger partial charge in [-0.25, -0.2) is 0 Å². The summed E-state index contributed by atoms with van der Waals surface area (Å²) in [5.74, 6) is 0.583. The molecule has 1 aromatic rings. The third-order valence-corrected chi connectivity index (χ3v) is 2.87. The maximum Gasteiger partial charge on any atom is 0.0937 e. The summed E-state index contributed by atoms with van der Waals surface area (Å²) in [6.07, 6.45) is 0.790. The molecule has 0 spiro atoms. The van der Waals surface area contributed by atoms with Crippen LogP contribution in [0.15, 0.2) is 41.7 Å². The molecule has 2 rings (SSSR count). The van der Waals surface area contributed by atoms with E-state index in [2.05, 4.69) is 29.2 Å². The molecule has 0 fully saturated rings. The predicted octanol–water partition coefficient (Wildman–Crippen LogP) is 2.72. The average Bonchev–Trinajstić information content (AvgIpc) is 2.25. The normalized spacial score (nSPS) is 18.2. The molecule has 0 bridgehead atoms. The minimum Gasteiger partial charge on any atom is -0.512 e. The van der Waals surface area contributed by atoms with Crippen molar-refractivity contribution in [1.82, 2.24) is 4.90 Å². The number of aliphatic hydroxyl groups excluding tert-OH is 1. The van der Waals surface area contributed by atoms with Crippen LogP contribution in [-0.4, -0.2) is 23.1 Å². The highest BCUT2D eigenvalue weighted by Crippen LogP contribution is 2.17. The van der Waals surface area contributed by atoms with E-state index in [1.165, 1.54) is 5.56 Å². The van der Waals surface area contributed by atoms with Crippen LogP contribution in [0.5, 0.6) is 0 Å². The fourth-order valence-corrected chi connectivity index (χ4v) is 1.96. The zero-order valence-electron chi connectivity index (χ0n) is 9.11. The fourth-order valence-electron chi connectivity index (χ4n) is 1.96. The van der Waals surface area contributed by atoms with Crippen LogP contribution in [0.4, 0.5) is 0 Å². The minimum absolute atomic E-state index is 0.583. The summed E-state index contributed by atoms with van der Waals surface area (Å²) in [4.78, 5) is 2.37. The predicted molar refractivity (Wildman–Crippen MR) is 61.7 cm³/mol. The van der Waals surface area contributed by atoms with Crippen LogP contribution in [0.25, 0.3) is 0 Å². The molecule has 1 aromatic carbocycles. The van der Waals surface area contributed by atoms with Crippen molar-refractivity contribution in [3.63, 3.8) is 0 Å². The molecule has 0 amide bonds. The van der Waals surface area contributed by atoms with E-state index in [1.807, 2.05) is 13.0 Å². The lowest BCUT2D eigenvalue weighted by Crippen LogP contribution is -2.30. The van der Waals surface area contributed by atoms with Crippen molar-refractivity contribution in [3.8, 4) is 0 Å². The van der Waals surface area contributed by atoms with Gasteiger partial charge in [0.1, 0.15) is 0 Å². The zero-order valence-corrected chi connectivity index (χ0v) is 9.11. The van der Waals surface area contributed by atoms with E-state index < -0.39 is 0 Å². The molecule has 0 atom stereocenters. The van der Waals surface area contributed by atoms with Gasteiger partial charge >= 0.3 is 0 Å². The van der Waals surface area contributed by atoms with Gasteiger partial charge in [0.25, 0.3) is 0 Å². The van der Waals surface area contributed by atoms with Gasteiger partial charge < -0.3 is 5.11 Å². The maximum atomic E-state index is 9.51. The Labute approximate surface area is 90.8 Å². The second kappa shape index (κ2) is 4.49. The van der Waals surface area contributed by atoms with Crippen LogP contribution >= 0.6 is 0 Å². The smallest absolute Gasteiger partial charge is 0.0937 e. The number of hydrogen-bond donors (Lipinski definition) is 1. The van der Waals surface area contributed by atoms with E-state index in [0.717, 1.165) is 31.6 Å². The highest BCUT2D eigenvalue weighted by Gasteiger charge is 2.15. The molecule has 1 N–H and O–H groups in total. The maximum absolute atomic E-state index is 9.51. The van der Waals surface area contributed by atoms with Crippen LogP contribution in [0, 0.1) is 0 Å². The van der Waals surface area contributed by atoms with Crippen LogP contribution in [0.1, 0.15) is 18.9 Å². The zero-order chi connectivity index (χ0) is 10.7. The third-order valence-electron chi connectivity index (χ3n) is 2.87. The number of hydrogen-bond acceptors (Lipinski definition) is 2. The molecule has 0 unspecified atom stereocenters. The van der Waals surface area contributed by atoms with E-state index in [0.29, 0.717) is 5.76 Å². The van der Waals surface area contributed by atoms with Gasteiger partial charge in [-0.1, -0.05) is 30.3 Å². The molecule has 0 aromatic heterocycles. The van der Waals surface area contributed by atoms with E-state index >= 15 is 0 Å². The van der Waals surface area contributed by atoms with Gasteiger partial charge in [-0.05, 0) is 18.1 Å². The van der Waals surface area contributed by atoms with Crippen LogP contribution in [0.2, 0.25) is 0 Å². The van der Waals surface area contributed by atoms with Crippen molar-refractivity contribution in [3.05, 3.63) is 47.2 Å². The van der Waals surface area contributed by atoms with Crippen molar-refractivity contribution >= 4 is 0 Å². The molecule has 0 saturated carbocycles. The lowest BCUT2D eigenvalue weighted by Gasteiger charge is -2.27. The Bertz CT molecular complexity index is 356. The number of rotatable bonds is 2. The lowest BCUT2D eigenvalue weighted by molar-refractivity contribution is 0.238. The first-order chi connectivity index (χ1) is 7.25. The van der Waals surface area contributed by atoms with Crippen molar-refractivity contribution in [2.75, 3.05) is 13.1 Å². The summed E-state index contributed by atoms with van der Waals surface area (Å²) in [6, 6.07) is 10.5. The summed E-state index contributed by atoms with van der Waals surface area (Å²) in [7, 11) is 0. The van der Waals surface area contributed by atoms with Gasteiger partial charge in [0.05, 0.1) is 5.76 Å². The van der Waals surface area contributed by atoms with Gasteiger partial charge in [-0.15, -0.1) is 0 Å². The van der Waals surface area contributed by atoms with Crippen molar-refractivity contribution in [1.29, 1.82) is 0 Å². The SMILES string of the molecule is CC1=C(O)CCN(Cc2ccccc2)C1. The van der Waals surface area contributed by atoms with E-state index in [9.17, 15) is 5.11 Å². The fraction of sp³-hybridized carbons (Fsp3) is 0.385. The van der Waals surface area contributed by atoms with Crippen molar-refractivity contribution < 1.29 is 5.11 Å². The molecule has 0 radical (unpaired) electrons. The monoisotopic (exact) mass is 203 g/mol. The van der Waals surface area contributed by atoms with Crippen molar-refractivity contribution in [2.45, 2.75) is 19.9 Å². The second-order valence-electron chi connectivity index (χ2n) is 4.17. The van der Waals surface area contributed by atoms with E-state index in [-0.39, 0.29) is 0 Å². The Morgan fingerprint density at radius 3 is 2.67 bits per heavy atom. The van der Waals surface area contributed by atoms with Gasteiger partial charge in [-0.2, -0.15) is 0 Å². The quantitative estimate of drug-likeness (QED) is 0.799. The summed E-state index contributed by atoms with van der Waals surface area (Å²) in [6.45, 7) is 4.83. The van der Waals surface area contributed by atoms with Crippen molar-refractivity contribution in [2.24, 2.45) is 0 Å². The Morgan fingerprint density at radius 1 is 1.27 bits per heavy atom. The summed E-state index contributed by atoms with van der Waals surface area (Å²) in [5.41, 5.74) is 2.45. The molecule has 15 heavy (non-hydrogen) atoms. The molecule has 80 valence electrons. The molecule has 1 aliphatic rings. The Balaban J connectivity index is 1.98. The largest absolute Gasteiger partial charge is 0.512 e. The number of benzene rings is 1. The van der Waals surface area contributed by atoms with Gasteiger partial charge in [-0.3, -0.25) is 4.90 Å². The topological polar surface area (TPSA) is 23.5 Å². The van der Waals surface area contributed by atoms with Crippen LogP contribution in [0.3, 0.4) is 0 Å². The lowest BCUT2D eigenvalue weighted by atomic mass is 10.1. The second-order valence-corrected chi connectivity index (χ2v) is 4.17. The summed E-state index contributed by atoms with van der Waals surface area (Å²) < 4.78 is 0. The molecule has 0 aliphatic carbocycles. The van der Waals surface area contributed by atoms with Gasteiger partial charge in [0.2, 0.25) is 0 Å². The van der Waals surface area contributed by atoms with Crippen LogP contribution < -0.4 is 0 Å². The molecule has 1 heterocycles. The Hall–Kier alpha value is -1.28. The summed E-state index contributed by atoms with van der Waals surface area (Å²) >= 11 is 0. The molecule has 2 heteroatoms. The summed E-state index contributed by atoms with van der Waals surface area (Å²) in [5, 5.41) is 9.51.